The van der Waals surface area contributed by atoms with E-state index in [0.717, 1.165) is 0 Å². The molecular weight excluding hydrogens is 138 g/mol. The van der Waals surface area contributed by atoms with Crippen molar-refractivity contribution in [1.82, 2.24) is 0 Å². The van der Waals surface area contributed by atoms with Gasteiger partial charge in [-0.05, 0) is 12.1 Å². The Labute approximate surface area is 57.1 Å². The molecule has 10 heavy (non-hydrogen) atoms. The van der Waals surface area contributed by atoms with Gasteiger partial charge in [-0.25, -0.2) is 4.39 Å². The highest BCUT2D eigenvalue weighted by Crippen LogP contribution is 1.91. The molecule has 0 aliphatic carbocycles. The molecule has 0 aliphatic heterocycles. The van der Waals surface area contributed by atoms with Crippen LogP contribution in [-0.2, 0) is 0 Å². The topological polar surface area (TPSA) is 47.6 Å². The van der Waals surface area contributed by atoms with Crippen LogP contribution >= 0.6 is 0 Å². The Morgan fingerprint density at radius 1 is 1.10 bits per heavy atom. The van der Waals surface area contributed by atoms with Gasteiger partial charge in [-0.2, -0.15) is 0 Å². The first-order chi connectivity index (χ1) is 4.39. The average molecular weight is 144 g/mol. The molecular formula is C6H6F2N2. The summed E-state index contributed by atoms with van der Waals surface area (Å²) < 4.78 is 11.9. The third kappa shape index (κ3) is 4.65. The van der Waals surface area contributed by atoms with Gasteiger partial charge in [-0.15, -0.1) is 0 Å². The number of nitrogens with zero attached hydrogens (tertiary/aromatic N) is 1. The first kappa shape index (κ1) is 11.3. The van der Waals surface area contributed by atoms with E-state index in [4.69, 9.17) is 10.8 Å². The second-order valence-corrected chi connectivity index (χ2v) is 1.30. The van der Waals surface area contributed by atoms with E-state index >= 15 is 0 Å². The maximum atomic E-state index is 11.9. The van der Waals surface area contributed by atoms with Crippen LogP contribution in [0.3, 0.4) is 0 Å². The van der Waals surface area contributed by atoms with Crippen molar-refractivity contribution in [3.8, 4) is 0 Å². The Hall–Kier alpha value is -1.50. The summed E-state index contributed by atoms with van der Waals surface area (Å²) in [7, 11) is 0. The average Bonchev–Trinajstić information content (AvgIpc) is 1.94. The predicted molar refractivity (Wildman–Crippen MR) is 29.1 cm³/mol. The number of rotatable bonds is 0. The largest absolute Gasteiger partial charge is 1.00 e. The van der Waals surface area contributed by atoms with E-state index < -0.39 is 0 Å². The van der Waals surface area contributed by atoms with Gasteiger partial charge in [-0.1, -0.05) is 18.2 Å². The van der Waals surface area contributed by atoms with Gasteiger partial charge in [0, 0.05) is 0 Å². The molecule has 0 saturated carbocycles. The van der Waals surface area contributed by atoms with Crippen molar-refractivity contribution in [2.45, 2.75) is 0 Å². The Bertz CT molecular complexity index is 174. The first-order valence-corrected chi connectivity index (χ1v) is 2.32. The molecule has 1 aromatic rings. The minimum absolute atomic E-state index is 0. The molecule has 0 fully saturated rings. The molecule has 0 radical (unpaired) electrons. The zero-order valence-corrected chi connectivity index (χ0v) is 5.09. The molecule has 2 nitrogen and oxygen atoms in total. The molecule has 1 N–H and O–H groups in total. The molecule has 0 spiro atoms. The molecule has 0 aromatic heterocycles. The van der Waals surface area contributed by atoms with Gasteiger partial charge in [0.1, 0.15) is 5.82 Å². The van der Waals surface area contributed by atoms with Gasteiger partial charge in [0.15, 0.2) is 0 Å². The molecule has 0 unspecified atom stereocenters. The molecule has 54 valence electrons. The summed E-state index contributed by atoms with van der Waals surface area (Å²) in [6.45, 7) is 0. The Balaban J connectivity index is 0. The molecule has 0 aliphatic rings. The van der Waals surface area contributed by atoms with Crippen LogP contribution in [0.2, 0.25) is 0 Å². The highest BCUT2D eigenvalue weighted by atomic mass is 19.1. The zero-order valence-electron chi connectivity index (χ0n) is 5.09. The van der Waals surface area contributed by atoms with Gasteiger partial charge >= 0.3 is 0 Å². The van der Waals surface area contributed by atoms with E-state index in [1.165, 1.54) is 12.1 Å². The Kier molecular flexibility index (Phi) is 8.49. The highest BCUT2D eigenvalue weighted by molar-refractivity contribution is 5.02. The van der Waals surface area contributed by atoms with Crippen LogP contribution in [0.15, 0.2) is 30.3 Å². The molecule has 0 amide bonds. The molecule has 1 aromatic carbocycles. The van der Waals surface area contributed by atoms with E-state index in [0.29, 0.717) is 0 Å². The lowest BCUT2D eigenvalue weighted by Gasteiger charge is -1.78. The molecule has 0 atom stereocenters. The summed E-state index contributed by atoms with van der Waals surface area (Å²) in [5, 5.41) is 11.0. The van der Waals surface area contributed by atoms with Crippen molar-refractivity contribution < 1.29 is 14.5 Å². The Morgan fingerprint density at radius 3 is 1.70 bits per heavy atom. The summed E-state index contributed by atoms with van der Waals surface area (Å²) >= 11 is 0. The minimum atomic E-state index is -0.178. The van der Waals surface area contributed by atoms with E-state index in [-0.39, 0.29) is 10.5 Å². The van der Waals surface area contributed by atoms with E-state index in [9.17, 15) is 4.39 Å². The van der Waals surface area contributed by atoms with Gasteiger partial charge in [0.05, 0.1) is 5.39 Å². The maximum absolute atomic E-state index is 11.9. The van der Waals surface area contributed by atoms with Gasteiger partial charge in [0.2, 0.25) is 5.39 Å². The predicted octanol–water partition coefficient (Wildman–Crippen LogP) is -2.89. The molecule has 0 heterocycles. The minimum Gasteiger partial charge on any atom is -1.00 e. The smallest absolute Gasteiger partial charge is 0.212 e. The van der Waals surface area contributed by atoms with Crippen molar-refractivity contribution in [2.24, 2.45) is 0 Å². The highest BCUT2D eigenvalue weighted by Gasteiger charge is 1.77. The van der Waals surface area contributed by atoms with Crippen molar-refractivity contribution in [3.63, 3.8) is 0 Å². The van der Waals surface area contributed by atoms with E-state index in [1.54, 1.807) is 18.2 Å². The van der Waals surface area contributed by atoms with Crippen molar-refractivity contribution in [2.75, 3.05) is 0 Å². The summed E-state index contributed by atoms with van der Waals surface area (Å²) in [6, 6.07) is 7.94. The normalized spacial score (nSPS) is 6.30. The van der Waals surface area contributed by atoms with Crippen LogP contribution in [0.1, 0.15) is 0 Å². The summed E-state index contributed by atoms with van der Waals surface area (Å²) in [5.41, 5.74) is 0. The van der Waals surface area contributed by atoms with Crippen LogP contribution in [0, 0.1) is 11.2 Å². The number of halogens is 2. The van der Waals surface area contributed by atoms with Crippen LogP contribution in [0.5, 0.6) is 0 Å². The lowest BCUT2D eigenvalue weighted by atomic mass is 10.4. The summed E-state index contributed by atoms with van der Waals surface area (Å²) in [5.74, 6) is -0.178. The number of hydrogen-bond acceptors (Lipinski definition) is 1. The monoisotopic (exact) mass is 144 g/mol. The number of diazo groups is 1. The SMILES string of the molecule is Fc1ccccc1.N#[NH+].[F-]. The second-order valence-electron chi connectivity index (χ2n) is 1.30. The molecule has 1 rings (SSSR count). The number of benzene rings is 1. The fourth-order valence-corrected chi connectivity index (χ4v) is 0.415. The quantitative estimate of drug-likeness (QED) is 0.390. The molecule has 4 heteroatoms. The fourth-order valence-electron chi connectivity index (χ4n) is 0.415. The van der Waals surface area contributed by atoms with Gasteiger partial charge in [0.25, 0.3) is 0 Å². The van der Waals surface area contributed by atoms with Crippen LogP contribution in [0.4, 0.5) is 4.39 Å². The lowest BCUT2D eigenvalue weighted by Crippen LogP contribution is -3.00. The van der Waals surface area contributed by atoms with Crippen LogP contribution in [-0.4, -0.2) is 0 Å². The zero-order chi connectivity index (χ0) is 7.11. The van der Waals surface area contributed by atoms with Crippen molar-refractivity contribution in [1.29, 1.82) is 5.39 Å². The Morgan fingerprint density at radius 2 is 1.50 bits per heavy atom. The molecule has 0 saturated heterocycles. The van der Waals surface area contributed by atoms with Gasteiger partial charge < -0.3 is 4.70 Å². The first-order valence-electron chi connectivity index (χ1n) is 2.32. The van der Waals surface area contributed by atoms with Crippen LogP contribution < -0.4 is 10.1 Å². The maximum Gasteiger partial charge on any atom is 0.212 e. The summed E-state index contributed by atoms with van der Waals surface area (Å²) in [6.07, 6.45) is 0. The third-order valence-electron chi connectivity index (χ3n) is 0.733. The lowest BCUT2D eigenvalue weighted by molar-refractivity contribution is -0.175. The standard InChI is InChI=1S/C6H5F.FH.N2/c7-6-4-2-1-3-5-6;;1-2/h1-5H;1H;. The summed E-state index contributed by atoms with van der Waals surface area (Å²) in [4.78, 5) is 0. The van der Waals surface area contributed by atoms with E-state index in [2.05, 4.69) is 0 Å². The fraction of sp³-hybridized carbons (Fsp3) is 0. The number of hydrogen-bond donors (Lipinski definition) is 1. The van der Waals surface area contributed by atoms with Crippen molar-refractivity contribution >= 4 is 0 Å². The van der Waals surface area contributed by atoms with E-state index in [1.807, 2.05) is 0 Å². The molecule has 0 bridgehead atoms. The van der Waals surface area contributed by atoms with Crippen LogP contribution in [0.25, 0.3) is 0 Å². The van der Waals surface area contributed by atoms with Gasteiger partial charge in [-0.3, -0.25) is 0 Å². The van der Waals surface area contributed by atoms with Crippen molar-refractivity contribution in [3.05, 3.63) is 36.1 Å². The number of nitrogens with one attached hydrogen (secondary N) is 1. The third-order valence-corrected chi connectivity index (χ3v) is 0.733. The second kappa shape index (κ2) is 7.50.